The lowest BCUT2D eigenvalue weighted by molar-refractivity contribution is -0.143. The van der Waals surface area contributed by atoms with Crippen LogP contribution in [0, 0.1) is 5.92 Å². The van der Waals surface area contributed by atoms with Crippen molar-refractivity contribution in [3.63, 3.8) is 0 Å². The Hall–Kier alpha value is -2.89. The predicted molar refractivity (Wildman–Crippen MR) is 108 cm³/mol. The zero-order valence-corrected chi connectivity index (χ0v) is 17.4. The Morgan fingerprint density at radius 3 is 2.52 bits per heavy atom. The highest BCUT2D eigenvalue weighted by Gasteiger charge is 2.44. The van der Waals surface area contributed by atoms with Gasteiger partial charge in [-0.2, -0.15) is 4.31 Å². The SMILES string of the molecule is O=C(C1CN(S(=O)(=O)c2cccc3nonc23)C1)N1CCC(O)(c2ccncc2)CC1. The van der Waals surface area contributed by atoms with E-state index in [0.29, 0.717) is 31.4 Å². The van der Waals surface area contributed by atoms with Crippen molar-refractivity contribution >= 4 is 27.0 Å². The molecule has 1 aromatic carbocycles. The fraction of sp³-hybridized carbons (Fsp3) is 0.400. The number of likely N-dealkylation sites (tertiary alicyclic amines) is 1. The quantitative estimate of drug-likeness (QED) is 0.625. The summed E-state index contributed by atoms with van der Waals surface area (Å²) in [5.41, 5.74) is 0.374. The van der Waals surface area contributed by atoms with Crippen molar-refractivity contribution in [1.82, 2.24) is 24.5 Å². The van der Waals surface area contributed by atoms with Crippen molar-refractivity contribution in [2.75, 3.05) is 26.2 Å². The van der Waals surface area contributed by atoms with E-state index in [1.54, 1.807) is 41.6 Å². The third-order valence-corrected chi connectivity index (χ3v) is 8.05. The molecule has 4 heterocycles. The van der Waals surface area contributed by atoms with Crippen LogP contribution in [0.1, 0.15) is 18.4 Å². The van der Waals surface area contributed by atoms with Gasteiger partial charge < -0.3 is 10.0 Å². The minimum absolute atomic E-state index is 0.0255. The van der Waals surface area contributed by atoms with Crippen LogP contribution in [0.2, 0.25) is 0 Å². The van der Waals surface area contributed by atoms with Crippen LogP contribution >= 0.6 is 0 Å². The molecule has 2 saturated heterocycles. The van der Waals surface area contributed by atoms with E-state index in [-0.39, 0.29) is 29.4 Å². The molecule has 0 bridgehead atoms. The first-order valence-electron chi connectivity index (χ1n) is 10.0. The highest BCUT2D eigenvalue weighted by atomic mass is 32.2. The lowest BCUT2D eigenvalue weighted by atomic mass is 9.84. The Morgan fingerprint density at radius 2 is 1.81 bits per heavy atom. The Balaban J connectivity index is 1.22. The number of pyridine rings is 1. The Labute approximate surface area is 178 Å². The van der Waals surface area contributed by atoms with Gasteiger partial charge in [0.2, 0.25) is 15.9 Å². The molecular weight excluding hydrogens is 422 g/mol. The number of aromatic nitrogens is 3. The average molecular weight is 443 g/mol. The Bertz CT molecular complexity index is 1220. The number of nitrogens with zero attached hydrogens (tertiary/aromatic N) is 5. The van der Waals surface area contributed by atoms with Gasteiger partial charge in [-0.3, -0.25) is 9.78 Å². The number of aliphatic hydroxyl groups is 1. The number of hydrogen-bond acceptors (Lipinski definition) is 8. The highest BCUT2D eigenvalue weighted by Crippen LogP contribution is 2.34. The van der Waals surface area contributed by atoms with Crippen LogP contribution in [0.25, 0.3) is 11.0 Å². The number of sulfonamides is 1. The molecule has 0 radical (unpaired) electrons. The van der Waals surface area contributed by atoms with Crippen molar-refractivity contribution < 1.29 is 22.9 Å². The molecule has 2 fully saturated rings. The number of carbonyl (C=O) groups excluding carboxylic acids is 1. The van der Waals surface area contributed by atoms with E-state index in [9.17, 15) is 18.3 Å². The van der Waals surface area contributed by atoms with Crippen LogP contribution in [-0.2, 0) is 20.4 Å². The molecule has 0 spiro atoms. The Morgan fingerprint density at radius 1 is 1.10 bits per heavy atom. The van der Waals surface area contributed by atoms with Gasteiger partial charge in [0.15, 0.2) is 5.52 Å². The predicted octanol–water partition coefficient (Wildman–Crippen LogP) is 0.748. The van der Waals surface area contributed by atoms with Gasteiger partial charge in [0.25, 0.3) is 0 Å². The number of carbonyl (C=O) groups is 1. The molecule has 0 atom stereocenters. The molecule has 1 amide bonds. The number of benzene rings is 1. The molecule has 10 nitrogen and oxygen atoms in total. The number of piperidine rings is 1. The average Bonchev–Trinajstić information content (AvgIpc) is 3.22. The topological polar surface area (TPSA) is 130 Å². The number of hydrogen-bond donors (Lipinski definition) is 1. The maximum atomic E-state index is 13.0. The molecule has 0 unspecified atom stereocenters. The lowest BCUT2D eigenvalue weighted by Crippen LogP contribution is -2.57. The molecule has 3 aromatic rings. The molecule has 5 rings (SSSR count). The molecule has 11 heteroatoms. The van der Waals surface area contributed by atoms with Gasteiger partial charge in [-0.15, -0.1) is 0 Å². The van der Waals surface area contributed by atoms with Crippen LogP contribution < -0.4 is 0 Å². The fourth-order valence-corrected chi connectivity index (χ4v) is 5.89. The second kappa shape index (κ2) is 7.36. The van der Waals surface area contributed by atoms with E-state index >= 15 is 0 Å². The van der Waals surface area contributed by atoms with Crippen LogP contribution in [-0.4, -0.2) is 70.1 Å². The van der Waals surface area contributed by atoms with E-state index < -0.39 is 21.5 Å². The van der Waals surface area contributed by atoms with Gasteiger partial charge >= 0.3 is 0 Å². The molecule has 0 saturated carbocycles. The summed E-state index contributed by atoms with van der Waals surface area (Å²) >= 11 is 0. The summed E-state index contributed by atoms with van der Waals surface area (Å²) in [4.78, 5) is 18.6. The van der Waals surface area contributed by atoms with Gasteiger partial charge in [0, 0.05) is 38.6 Å². The van der Waals surface area contributed by atoms with E-state index in [0.717, 1.165) is 5.56 Å². The third-order valence-electron chi connectivity index (χ3n) is 6.18. The van der Waals surface area contributed by atoms with E-state index in [2.05, 4.69) is 19.9 Å². The van der Waals surface area contributed by atoms with Gasteiger partial charge in [-0.25, -0.2) is 13.0 Å². The maximum absolute atomic E-state index is 13.0. The summed E-state index contributed by atoms with van der Waals surface area (Å²) in [5, 5.41) is 18.3. The molecular formula is C20H21N5O5S. The van der Waals surface area contributed by atoms with Crippen molar-refractivity contribution in [2.24, 2.45) is 5.92 Å². The molecule has 162 valence electrons. The minimum Gasteiger partial charge on any atom is -0.385 e. The largest absolute Gasteiger partial charge is 0.385 e. The first-order valence-corrected chi connectivity index (χ1v) is 11.5. The van der Waals surface area contributed by atoms with Crippen molar-refractivity contribution in [2.45, 2.75) is 23.3 Å². The summed E-state index contributed by atoms with van der Waals surface area (Å²) in [6.07, 6.45) is 4.14. The van der Waals surface area contributed by atoms with Gasteiger partial charge in [0.1, 0.15) is 10.4 Å². The number of rotatable bonds is 4. The van der Waals surface area contributed by atoms with E-state index in [1.807, 2.05) is 0 Å². The van der Waals surface area contributed by atoms with Crippen LogP contribution in [0.3, 0.4) is 0 Å². The summed E-state index contributed by atoms with van der Waals surface area (Å²) < 4.78 is 31.9. The second-order valence-electron chi connectivity index (χ2n) is 8.00. The van der Waals surface area contributed by atoms with Crippen molar-refractivity contribution in [1.29, 1.82) is 0 Å². The van der Waals surface area contributed by atoms with E-state index in [1.165, 1.54) is 10.4 Å². The van der Waals surface area contributed by atoms with Crippen LogP contribution in [0.4, 0.5) is 0 Å². The Kier molecular flexibility index (Phi) is 4.76. The number of fused-ring (bicyclic) bond motifs is 1. The smallest absolute Gasteiger partial charge is 0.245 e. The van der Waals surface area contributed by atoms with Crippen molar-refractivity contribution in [3.05, 3.63) is 48.3 Å². The summed E-state index contributed by atoms with van der Waals surface area (Å²) in [6.45, 7) is 1.08. The van der Waals surface area contributed by atoms with Gasteiger partial charge in [-0.1, -0.05) is 6.07 Å². The summed E-state index contributed by atoms with van der Waals surface area (Å²) in [5.74, 6) is -0.471. The minimum atomic E-state index is -3.80. The zero-order chi connectivity index (χ0) is 21.6. The molecule has 31 heavy (non-hydrogen) atoms. The fourth-order valence-electron chi connectivity index (χ4n) is 4.23. The molecule has 2 aliphatic heterocycles. The summed E-state index contributed by atoms with van der Waals surface area (Å²) in [7, 11) is -3.80. The molecule has 2 aromatic heterocycles. The highest BCUT2D eigenvalue weighted by molar-refractivity contribution is 7.89. The first kappa shape index (κ1) is 20.0. The third kappa shape index (κ3) is 3.38. The van der Waals surface area contributed by atoms with Gasteiger partial charge in [0.05, 0.1) is 11.5 Å². The van der Waals surface area contributed by atoms with Crippen LogP contribution in [0.5, 0.6) is 0 Å². The standard InChI is InChI=1S/C20H21N5O5S/c26-19(24-10-6-20(27,7-11-24)15-4-8-21-9-5-15)14-12-25(13-14)31(28,29)17-3-1-2-16-18(17)23-30-22-16/h1-5,8-9,14,27H,6-7,10-13H2. The van der Waals surface area contributed by atoms with Crippen LogP contribution in [0.15, 0.2) is 52.3 Å². The lowest BCUT2D eigenvalue weighted by Gasteiger charge is -2.43. The monoisotopic (exact) mass is 443 g/mol. The second-order valence-corrected chi connectivity index (χ2v) is 9.91. The maximum Gasteiger partial charge on any atom is 0.245 e. The first-order chi connectivity index (χ1) is 14.9. The summed E-state index contributed by atoms with van der Waals surface area (Å²) in [6, 6.07) is 8.24. The molecule has 0 aliphatic carbocycles. The van der Waals surface area contributed by atoms with Crippen molar-refractivity contribution in [3.8, 4) is 0 Å². The molecule has 1 N–H and O–H groups in total. The van der Waals surface area contributed by atoms with E-state index in [4.69, 9.17) is 0 Å². The molecule has 2 aliphatic rings. The number of amides is 1. The van der Waals surface area contributed by atoms with Gasteiger partial charge in [-0.05, 0) is 53.0 Å². The normalized spacial score (nSPS) is 20.0. The zero-order valence-electron chi connectivity index (χ0n) is 16.6.